The molecule has 2 heterocycles. The minimum atomic E-state index is 0.575. The van der Waals surface area contributed by atoms with Crippen molar-refractivity contribution >= 4 is 23.3 Å². The van der Waals surface area contributed by atoms with Gasteiger partial charge in [-0.2, -0.15) is 0 Å². The molecule has 4 rings (SSSR count). The van der Waals surface area contributed by atoms with Gasteiger partial charge in [0, 0.05) is 22.4 Å². The lowest BCUT2D eigenvalue weighted by Crippen LogP contribution is -2.32. The number of rotatable bonds is 2. The Kier molecular flexibility index (Phi) is 3.12. The molecule has 2 aromatic rings. The number of aldehydes is 1. The smallest absolute Gasteiger partial charge is 0.157 e. The number of para-hydroxylation sites is 1. The van der Waals surface area contributed by atoms with E-state index in [2.05, 4.69) is 11.5 Å². The van der Waals surface area contributed by atoms with E-state index in [1.807, 2.05) is 60.7 Å². The molecule has 0 saturated heterocycles. The van der Waals surface area contributed by atoms with Gasteiger partial charge in [-0.3, -0.25) is 4.79 Å². The maximum absolute atomic E-state index is 11.5. The summed E-state index contributed by atoms with van der Waals surface area (Å²) in [4.78, 5) is 13.7. The normalized spacial score (nSPS) is 16.3. The third kappa shape index (κ3) is 2.18. The van der Waals surface area contributed by atoms with Gasteiger partial charge in [-0.05, 0) is 12.1 Å². The zero-order valence-electron chi connectivity index (χ0n) is 12.5. The van der Waals surface area contributed by atoms with E-state index in [4.69, 9.17) is 4.74 Å². The Bertz CT molecular complexity index is 862. The topological polar surface area (TPSA) is 29.5 Å². The van der Waals surface area contributed by atoms with E-state index in [0.29, 0.717) is 17.9 Å². The summed E-state index contributed by atoms with van der Waals surface area (Å²) < 4.78 is 5.93. The monoisotopic (exact) mass is 301 g/mol. The fraction of sp³-hybridized carbons (Fsp3) is 0.0500. The molecule has 2 aromatic carbocycles. The van der Waals surface area contributed by atoms with E-state index in [9.17, 15) is 4.79 Å². The van der Waals surface area contributed by atoms with Gasteiger partial charge in [-0.15, -0.1) is 0 Å². The van der Waals surface area contributed by atoms with Crippen LogP contribution in [0.25, 0.3) is 11.3 Å². The van der Waals surface area contributed by atoms with Gasteiger partial charge >= 0.3 is 0 Å². The van der Waals surface area contributed by atoms with Crippen LogP contribution in [0.4, 0.5) is 5.69 Å². The summed E-state index contributed by atoms with van der Waals surface area (Å²) in [6, 6.07) is 17.8. The lowest BCUT2D eigenvalue weighted by molar-refractivity contribution is -0.103. The van der Waals surface area contributed by atoms with Crippen LogP contribution >= 0.6 is 0 Å². The molecular weight excluding hydrogens is 286 g/mol. The van der Waals surface area contributed by atoms with E-state index in [1.54, 1.807) is 0 Å². The Morgan fingerprint density at radius 2 is 1.78 bits per heavy atom. The molecule has 0 fully saturated rings. The van der Waals surface area contributed by atoms with Gasteiger partial charge in [-0.25, -0.2) is 0 Å². The molecule has 0 saturated carbocycles. The molecule has 0 N–H and O–H groups in total. The van der Waals surface area contributed by atoms with Crippen molar-refractivity contribution in [1.82, 2.24) is 0 Å². The summed E-state index contributed by atoms with van der Waals surface area (Å²) in [5, 5.41) is 0. The van der Waals surface area contributed by atoms with E-state index >= 15 is 0 Å². The summed E-state index contributed by atoms with van der Waals surface area (Å²) in [6.07, 6.45) is 2.79. The maximum atomic E-state index is 11.5. The second kappa shape index (κ2) is 5.29. The number of hydrogen-bond acceptors (Lipinski definition) is 3. The van der Waals surface area contributed by atoms with Crippen LogP contribution in [-0.4, -0.2) is 12.8 Å². The number of carbonyl (C=O) groups is 1. The summed E-state index contributed by atoms with van der Waals surface area (Å²) in [5.41, 5.74) is 4.47. The highest BCUT2D eigenvalue weighted by Crippen LogP contribution is 2.41. The summed E-state index contributed by atoms with van der Waals surface area (Å²) in [7, 11) is 0. The maximum Gasteiger partial charge on any atom is 0.157 e. The van der Waals surface area contributed by atoms with E-state index in [0.717, 1.165) is 34.6 Å². The first kappa shape index (κ1) is 13.6. The molecule has 0 bridgehead atoms. The van der Waals surface area contributed by atoms with E-state index in [-0.39, 0.29) is 0 Å². The number of ether oxygens (including phenoxy) is 1. The zero-order chi connectivity index (χ0) is 15.8. The van der Waals surface area contributed by atoms with Crippen molar-refractivity contribution in [1.29, 1.82) is 0 Å². The van der Waals surface area contributed by atoms with Crippen LogP contribution in [0.15, 0.2) is 78.7 Å². The minimum Gasteiger partial charge on any atom is -0.458 e. The zero-order valence-corrected chi connectivity index (χ0v) is 12.5. The van der Waals surface area contributed by atoms with Gasteiger partial charge in [0.2, 0.25) is 0 Å². The lowest BCUT2D eigenvalue weighted by Gasteiger charge is -2.37. The molecule has 0 unspecified atom stereocenters. The van der Waals surface area contributed by atoms with Crippen molar-refractivity contribution in [3.8, 4) is 0 Å². The Labute approximate surface area is 134 Å². The van der Waals surface area contributed by atoms with Crippen LogP contribution in [0.2, 0.25) is 0 Å². The van der Waals surface area contributed by atoms with Crippen molar-refractivity contribution < 1.29 is 9.53 Å². The molecule has 0 aromatic heterocycles. The predicted molar refractivity (Wildman–Crippen MR) is 91.4 cm³/mol. The summed E-state index contributed by atoms with van der Waals surface area (Å²) >= 11 is 0. The molecule has 2 aliphatic heterocycles. The van der Waals surface area contributed by atoms with Gasteiger partial charge in [0.15, 0.2) is 12.0 Å². The summed E-state index contributed by atoms with van der Waals surface area (Å²) in [6.45, 7) is 4.58. The first-order valence-corrected chi connectivity index (χ1v) is 7.47. The second-order valence-corrected chi connectivity index (χ2v) is 5.54. The average Bonchev–Trinajstić information content (AvgIpc) is 2.61. The minimum absolute atomic E-state index is 0.575. The summed E-state index contributed by atoms with van der Waals surface area (Å²) in [5.74, 6) is 1.42. The van der Waals surface area contributed by atoms with Gasteiger partial charge < -0.3 is 9.64 Å². The van der Waals surface area contributed by atoms with Crippen molar-refractivity contribution in [2.24, 2.45) is 0 Å². The predicted octanol–water partition coefficient (Wildman–Crippen LogP) is 4.00. The quantitative estimate of drug-likeness (QED) is 0.785. The van der Waals surface area contributed by atoms with E-state index < -0.39 is 0 Å². The SMILES string of the molecule is C=C1CN2C(=C(c3ccccc3)O1)C=C(C=O)c1ccccc12. The average molecular weight is 301 g/mol. The van der Waals surface area contributed by atoms with Crippen LogP contribution in [-0.2, 0) is 9.53 Å². The van der Waals surface area contributed by atoms with Crippen molar-refractivity contribution in [3.05, 3.63) is 89.8 Å². The number of anilines is 1. The fourth-order valence-corrected chi connectivity index (χ4v) is 3.04. The molecule has 0 amide bonds. The van der Waals surface area contributed by atoms with Crippen molar-refractivity contribution in [2.75, 3.05) is 11.4 Å². The Morgan fingerprint density at radius 1 is 1.04 bits per heavy atom. The highest BCUT2D eigenvalue weighted by atomic mass is 16.5. The molecular formula is C20H15NO2. The van der Waals surface area contributed by atoms with Crippen LogP contribution in [0.1, 0.15) is 11.1 Å². The Hall–Kier alpha value is -3.07. The standard InChI is InChI=1S/C20H15NO2/c1-14-12-21-18-10-6-5-9-17(18)16(13-22)11-19(21)20(23-14)15-7-3-2-4-8-15/h2-11,13H,1,12H2. The van der Waals surface area contributed by atoms with Gasteiger partial charge in [-0.1, -0.05) is 55.1 Å². The second-order valence-electron chi connectivity index (χ2n) is 5.54. The third-order valence-electron chi connectivity index (χ3n) is 4.07. The molecule has 2 aliphatic rings. The molecule has 0 aliphatic carbocycles. The van der Waals surface area contributed by atoms with Crippen LogP contribution in [0.5, 0.6) is 0 Å². The Balaban J connectivity index is 1.99. The van der Waals surface area contributed by atoms with E-state index in [1.165, 1.54) is 0 Å². The molecule has 0 atom stereocenters. The first-order chi connectivity index (χ1) is 11.3. The largest absolute Gasteiger partial charge is 0.458 e. The van der Waals surface area contributed by atoms with Crippen LogP contribution < -0.4 is 4.90 Å². The Morgan fingerprint density at radius 3 is 2.57 bits per heavy atom. The van der Waals surface area contributed by atoms with Crippen molar-refractivity contribution in [2.45, 2.75) is 0 Å². The molecule has 112 valence electrons. The molecule has 0 radical (unpaired) electrons. The van der Waals surface area contributed by atoms with Gasteiger partial charge in [0.05, 0.1) is 12.2 Å². The number of benzene rings is 2. The van der Waals surface area contributed by atoms with Crippen LogP contribution in [0.3, 0.4) is 0 Å². The lowest BCUT2D eigenvalue weighted by atomic mass is 9.96. The number of fused-ring (bicyclic) bond motifs is 3. The third-order valence-corrected chi connectivity index (χ3v) is 4.07. The molecule has 23 heavy (non-hydrogen) atoms. The number of allylic oxidation sites excluding steroid dienone is 2. The van der Waals surface area contributed by atoms with Crippen molar-refractivity contribution in [3.63, 3.8) is 0 Å². The van der Waals surface area contributed by atoms with Gasteiger partial charge in [0.25, 0.3) is 0 Å². The highest BCUT2D eigenvalue weighted by Gasteiger charge is 2.30. The highest BCUT2D eigenvalue weighted by molar-refractivity contribution is 6.12. The number of carbonyl (C=O) groups excluding carboxylic acids is 1. The first-order valence-electron chi connectivity index (χ1n) is 7.47. The number of nitrogens with zero attached hydrogens (tertiary/aromatic N) is 1. The van der Waals surface area contributed by atoms with Crippen LogP contribution in [0, 0.1) is 0 Å². The molecule has 3 nitrogen and oxygen atoms in total. The van der Waals surface area contributed by atoms with Gasteiger partial charge in [0.1, 0.15) is 5.76 Å². The molecule has 0 spiro atoms. The molecule has 3 heteroatoms. The fourth-order valence-electron chi connectivity index (χ4n) is 3.04. The number of hydrogen-bond donors (Lipinski definition) is 0.